The number of hydrogen-bond donors (Lipinski definition) is 1. The molecule has 0 saturated carbocycles. The summed E-state index contributed by atoms with van der Waals surface area (Å²) in [4.78, 5) is 23.1. The molecule has 2 aromatic carbocycles. The fourth-order valence-electron chi connectivity index (χ4n) is 2.77. The Balaban J connectivity index is 2.01. The van der Waals surface area contributed by atoms with Crippen molar-refractivity contribution in [2.75, 3.05) is 0 Å². The highest BCUT2D eigenvalue weighted by molar-refractivity contribution is 5.74. The molecule has 120 valence electrons. The van der Waals surface area contributed by atoms with Gasteiger partial charge in [-0.15, -0.1) is 0 Å². The van der Waals surface area contributed by atoms with Gasteiger partial charge < -0.3 is 5.11 Å². The molecule has 1 heterocycles. The first-order valence-corrected chi connectivity index (χ1v) is 7.60. The van der Waals surface area contributed by atoms with Crippen LogP contribution in [0.2, 0.25) is 0 Å². The molecule has 4 heteroatoms. The summed E-state index contributed by atoms with van der Waals surface area (Å²) in [6.45, 7) is 3.70. The van der Waals surface area contributed by atoms with Gasteiger partial charge in [0.05, 0.1) is 0 Å². The van der Waals surface area contributed by atoms with E-state index in [1.54, 1.807) is 13.0 Å². The maximum atomic E-state index is 12.1. The molecule has 0 atom stereocenters. The molecule has 0 fully saturated rings. The first kappa shape index (κ1) is 15.7. The topological polar surface area (TPSA) is 59.3 Å². The zero-order valence-electron chi connectivity index (χ0n) is 13.5. The number of carboxylic acid groups (broad SMARTS) is 1. The average Bonchev–Trinajstić information content (AvgIpc) is 2.57. The van der Waals surface area contributed by atoms with Crippen molar-refractivity contribution in [3.63, 3.8) is 0 Å². The molecule has 4 nitrogen and oxygen atoms in total. The maximum Gasteiger partial charge on any atom is 0.418 e. The summed E-state index contributed by atoms with van der Waals surface area (Å²) in [6, 6.07) is 17.8. The van der Waals surface area contributed by atoms with Gasteiger partial charge in [-0.25, -0.2) is 9.36 Å². The standard InChI is InChI=1S/C20H17NO3/c1-13-4-3-5-17(12-13)15-6-8-16(9-7-15)18-10-11-21(20(23)24)19(22)14(18)2/h3-12H,1-2H3,(H,23,24). The quantitative estimate of drug-likeness (QED) is 0.765. The van der Waals surface area contributed by atoms with E-state index in [1.165, 1.54) is 11.8 Å². The largest absolute Gasteiger partial charge is 0.464 e. The highest BCUT2D eigenvalue weighted by Crippen LogP contribution is 2.26. The summed E-state index contributed by atoms with van der Waals surface area (Å²) in [6.07, 6.45) is 0.0195. The van der Waals surface area contributed by atoms with Gasteiger partial charge in [-0.3, -0.25) is 4.79 Å². The van der Waals surface area contributed by atoms with Crippen LogP contribution < -0.4 is 5.56 Å². The summed E-state index contributed by atoms with van der Waals surface area (Å²) < 4.78 is 0.694. The molecule has 3 rings (SSSR count). The molecule has 0 amide bonds. The Hall–Kier alpha value is -3.14. The van der Waals surface area contributed by atoms with E-state index < -0.39 is 11.7 Å². The first-order valence-electron chi connectivity index (χ1n) is 7.60. The van der Waals surface area contributed by atoms with E-state index >= 15 is 0 Å². The number of aromatic nitrogens is 1. The lowest BCUT2D eigenvalue weighted by atomic mass is 9.98. The smallest absolute Gasteiger partial charge is 0.418 e. The van der Waals surface area contributed by atoms with Crippen molar-refractivity contribution < 1.29 is 9.90 Å². The van der Waals surface area contributed by atoms with Gasteiger partial charge in [0.1, 0.15) is 0 Å². The zero-order valence-corrected chi connectivity index (χ0v) is 13.5. The molecular weight excluding hydrogens is 302 g/mol. The lowest BCUT2D eigenvalue weighted by Crippen LogP contribution is -2.27. The molecule has 0 bridgehead atoms. The Kier molecular flexibility index (Phi) is 4.04. The van der Waals surface area contributed by atoms with Crippen molar-refractivity contribution in [2.24, 2.45) is 0 Å². The molecule has 0 spiro atoms. The van der Waals surface area contributed by atoms with Crippen LogP contribution in [-0.2, 0) is 0 Å². The van der Waals surface area contributed by atoms with Gasteiger partial charge >= 0.3 is 6.09 Å². The summed E-state index contributed by atoms with van der Waals surface area (Å²) in [7, 11) is 0. The van der Waals surface area contributed by atoms with Crippen molar-refractivity contribution in [1.82, 2.24) is 4.57 Å². The number of pyridine rings is 1. The van der Waals surface area contributed by atoms with Crippen LogP contribution in [0, 0.1) is 13.8 Å². The number of rotatable bonds is 2. The van der Waals surface area contributed by atoms with Crippen molar-refractivity contribution in [3.05, 3.63) is 82.3 Å². The molecule has 0 aliphatic rings. The van der Waals surface area contributed by atoms with Crippen LogP contribution in [0.15, 0.2) is 65.6 Å². The third-order valence-corrected chi connectivity index (χ3v) is 4.09. The predicted molar refractivity (Wildman–Crippen MR) is 94.5 cm³/mol. The van der Waals surface area contributed by atoms with Crippen molar-refractivity contribution in [3.8, 4) is 22.3 Å². The maximum absolute atomic E-state index is 12.1. The van der Waals surface area contributed by atoms with Crippen LogP contribution in [-0.4, -0.2) is 15.8 Å². The molecule has 0 saturated heterocycles. The van der Waals surface area contributed by atoms with Gasteiger partial charge in [0.15, 0.2) is 0 Å². The number of hydrogen-bond acceptors (Lipinski definition) is 2. The number of nitrogens with zero attached hydrogens (tertiary/aromatic N) is 1. The predicted octanol–water partition coefficient (Wildman–Crippen LogP) is 4.33. The second kappa shape index (κ2) is 6.16. The van der Waals surface area contributed by atoms with Crippen LogP contribution in [0.1, 0.15) is 11.1 Å². The monoisotopic (exact) mass is 319 g/mol. The second-order valence-corrected chi connectivity index (χ2v) is 5.76. The van der Waals surface area contributed by atoms with E-state index in [0.717, 1.165) is 22.3 Å². The molecule has 3 aromatic rings. The lowest BCUT2D eigenvalue weighted by Gasteiger charge is -2.09. The normalized spacial score (nSPS) is 10.6. The van der Waals surface area contributed by atoms with Gasteiger partial charge in [-0.1, -0.05) is 54.1 Å². The SMILES string of the molecule is Cc1cccc(-c2ccc(-c3ccn(C(=O)O)c(=O)c3C)cc2)c1. The highest BCUT2D eigenvalue weighted by Gasteiger charge is 2.11. The third-order valence-electron chi connectivity index (χ3n) is 4.09. The Morgan fingerprint density at radius 3 is 2.21 bits per heavy atom. The van der Waals surface area contributed by atoms with Gasteiger partial charge in [0.25, 0.3) is 5.56 Å². The van der Waals surface area contributed by atoms with E-state index in [4.69, 9.17) is 5.11 Å². The van der Waals surface area contributed by atoms with Crippen molar-refractivity contribution in [1.29, 1.82) is 0 Å². The van der Waals surface area contributed by atoms with E-state index in [-0.39, 0.29) is 0 Å². The minimum Gasteiger partial charge on any atom is -0.464 e. The molecule has 24 heavy (non-hydrogen) atoms. The number of aryl methyl sites for hydroxylation is 1. The van der Waals surface area contributed by atoms with Crippen molar-refractivity contribution in [2.45, 2.75) is 13.8 Å². The molecule has 0 aliphatic heterocycles. The summed E-state index contributed by atoms with van der Waals surface area (Å²) in [5, 5.41) is 9.00. The molecule has 0 aliphatic carbocycles. The molecular formula is C20H17NO3. The molecule has 0 unspecified atom stereocenters. The van der Waals surface area contributed by atoms with Crippen molar-refractivity contribution >= 4 is 6.09 Å². The molecule has 0 radical (unpaired) electrons. The zero-order chi connectivity index (χ0) is 17.3. The summed E-state index contributed by atoms with van der Waals surface area (Å²) in [5.74, 6) is 0. The van der Waals surface area contributed by atoms with Crippen LogP contribution in [0.4, 0.5) is 4.79 Å². The minimum absolute atomic E-state index is 0.420. The van der Waals surface area contributed by atoms with Crippen LogP contribution in [0.25, 0.3) is 22.3 Å². The highest BCUT2D eigenvalue weighted by atomic mass is 16.4. The fraction of sp³-hybridized carbons (Fsp3) is 0.100. The van der Waals surface area contributed by atoms with Gasteiger partial charge in [0.2, 0.25) is 0 Å². The average molecular weight is 319 g/mol. The molecule has 1 N–H and O–H groups in total. The Morgan fingerprint density at radius 1 is 0.917 bits per heavy atom. The van der Waals surface area contributed by atoms with Gasteiger partial charge in [-0.2, -0.15) is 0 Å². The first-order chi connectivity index (χ1) is 11.5. The summed E-state index contributed by atoms with van der Waals surface area (Å²) >= 11 is 0. The summed E-state index contributed by atoms with van der Waals surface area (Å²) in [5.41, 5.74) is 4.97. The minimum atomic E-state index is -1.27. The third kappa shape index (κ3) is 2.86. The Bertz CT molecular complexity index is 969. The second-order valence-electron chi connectivity index (χ2n) is 5.76. The van der Waals surface area contributed by atoms with Crippen LogP contribution in [0.3, 0.4) is 0 Å². The van der Waals surface area contributed by atoms with Crippen LogP contribution in [0.5, 0.6) is 0 Å². The van der Waals surface area contributed by atoms with Gasteiger partial charge in [0, 0.05) is 11.8 Å². The van der Waals surface area contributed by atoms with Gasteiger partial charge in [-0.05, 0) is 42.2 Å². The Labute approximate surface area is 139 Å². The molecule has 1 aromatic heterocycles. The number of benzene rings is 2. The Morgan fingerprint density at radius 2 is 1.58 bits per heavy atom. The van der Waals surface area contributed by atoms with E-state index in [2.05, 4.69) is 25.1 Å². The van der Waals surface area contributed by atoms with Crippen LogP contribution >= 0.6 is 0 Å². The van der Waals surface area contributed by atoms with E-state index in [0.29, 0.717) is 10.1 Å². The number of carbonyl (C=O) groups is 1. The van der Waals surface area contributed by atoms with E-state index in [1.807, 2.05) is 30.3 Å². The lowest BCUT2D eigenvalue weighted by molar-refractivity contribution is 0.195. The fourth-order valence-corrected chi connectivity index (χ4v) is 2.77. The van der Waals surface area contributed by atoms with E-state index in [9.17, 15) is 9.59 Å².